The van der Waals surface area contributed by atoms with Crippen molar-refractivity contribution < 1.29 is 14.0 Å². The van der Waals surface area contributed by atoms with Crippen LogP contribution in [0.2, 0.25) is 0 Å². The van der Waals surface area contributed by atoms with Gasteiger partial charge in [0.05, 0.1) is 24.0 Å². The molecule has 6 heteroatoms. The van der Waals surface area contributed by atoms with Crippen molar-refractivity contribution in [3.63, 3.8) is 0 Å². The first kappa shape index (κ1) is 15.1. The van der Waals surface area contributed by atoms with E-state index in [9.17, 15) is 0 Å². The molecule has 1 saturated heterocycles. The van der Waals surface area contributed by atoms with Gasteiger partial charge in [-0.25, -0.2) is 4.68 Å². The fourth-order valence-electron chi connectivity index (χ4n) is 2.31. The normalized spacial score (nSPS) is 19.4. The number of aromatic nitrogens is 2. The third-order valence-corrected chi connectivity index (χ3v) is 4.46. The van der Waals surface area contributed by atoms with Crippen LogP contribution in [-0.4, -0.2) is 35.2 Å². The molecule has 2 aromatic rings. The standard InChI is InChI=1S/C16H21BN2O3/c1-15(2)16(3,4)22-17(21-15)12-10-18-19(11-12)13-6-8-14(20-5)9-7-13/h6-11H,1-5H3. The van der Waals surface area contributed by atoms with Crippen LogP contribution in [0.1, 0.15) is 27.7 Å². The highest BCUT2D eigenvalue weighted by molar-refractivity contribution is 6.62. The van der Waals surface area contributed by atoms with Crippen LogP contribution in [-0.2, 0) is 9.31 Å². The lowest BCUT2D eigenvalue weighted by molar-refractivity contribution is 0.00578. The lowest BCUT2D eigenvalue weighted by Gasteiger charge is -2.32. The Bertz CT molecular complexity index is 648. The average Bonchev–Trinajstić information content (AvgIpc) is 3.03. The van der Waals surface area contributed by atoms with Crippen molar-refractivity contribution in [1.82, 2.24) is 9.78 Å². The lowest BCUT2D eigenvalue weighted by atomic mass is 9.82. The Morgan fingerprint density at radius 1 is 1.05 bits per heavy atom. The van der Waals surface area contributed by atoms with Gasteiger partial charge in [-0.3, -0.25) is 0 Å². The molecular formula is C16H21BN2O3. The number of benzene rings is 1. The van der Waals surface area contributed by atoms with E-state index in [1.165, 1.54) is 0 Å². The molecule has 1 aromatic heterocycles. The van der Waals surface area contributed by atoms with Gasteiger partial charge < -0.3 is 14.0 Å². The molecule has 1 aliphatic rings. The largest absolute Gasteiger partial charge is 0.498 e. The Morgan fingerprint density at radius 2 is 1.64 bits per heavy atom. The second-order valence-electron chi connectivity index (χ2n) is 6.50. The zero-order valence-corrected chi connectivity index (χ0v) is 13.7. The van der Waals surface area contributed by atoms with Gasteiger partial charge in [-0.1, -0.05) is 0 Å². The van der Waals surface area contributed by atoms with Gasteiger partial charge in [-0.15, -0.1) is 0 Å². The summed E-state index contributed by atoms with van der Waals surface area (Å²) >= 11 is 0. The van der Waals surface area contributed by atoms with E-state index in [4.69, 9.17) is 14.0 Å². The molecule has 0 atom stereocenters. The molecule has 0 unspecified atom stereocenters. The van der Waals surface area contributed by atoms with Gasteiger partial charge in [-0.2, -0.15) is 5.10 Å². The molecule has 0 aliphatic carbocycles. The minimum atomic E-state index is -0.392. The quantitative estimate of drug-likeness (QED) is 0.815. The molecule has 116 valence electrons. The first-order chi connectivity index (χ1) is 10.3. The Kier molecular flexibility index (Phi) is 3.53. The molecule has 2 heterocycles. The van der Waals surface area contributed by atoms with Crippen LogP contribution in [0.15, 0.2) is 36.7 Å². The van der Waals surface area contributed by atoms with E-state index in [0.29, 0.717) is 0 Å². The molecule has 0 radical (unpaired) electrons. The summed E-state index contributed by atoms with van der Waals surface area (Å²) in [6.07, 6.45) is 3.72. The van der Waals surface area contributed by atoms with E-state index >= 15 is 0 Å². The lowest BCUT2D eigenvalue weighted by Crippen LogP contribution is -2.41. The summed E-state index contributed by atoms with van der Waals surface area (Å²) < 4.78 is 19.1. The smallest absolute Gasteiger partial charge is 0.497 e. The second-order valence-corrected chi connectivity index (χ2v) is 6.50. The van der Waals surface area contributed by atoms with Crippen molar-refractivity contribution >= 4 is 12.6 Å². The van der Waals surface area contributed by atoms with E-state index in [0.717, 1.165) is 16.9 Å². The molecule has 0 amide bonds. The Morgan fingerprint density at radius 3 is 2.18 bits per heavy atom. The Balaban J connectivity index is 1.82. The SMILES string of the molecule is COc1ccc(-n2cc(B3OC(C)(C)C(C)(C)O3)cn2)cc1. The molecule has 0 spiro atoms. The second kappa shape index (κ2) is 5.14. The van der Waals surface area contributed by atoms with Crippen LogP contribution in [0.5, 0.6) is 5.75 Å². The van der Waals surface area contributed by atoms with E-state index in [1.54, 1.807) is 18.0 Å². The fourth-order valence-corrected chi connectivity index (χ4v) is 2.31. The van der Waals surface area contributed by atoms with Crippen LogP contribution in [0.4, 0.5) is 0 Å². The van der Waals surface area contributed by atoms with Crippen molar-refractivity contribution in [3.05, 3.63) is 36.7 Å². The van der Waals surface area contributed by atoms with Gasteiger partial charge >= 0.3 is 7.12 Å². The third kappa shape index (κ3) is 2.53. The third-order valence-electron chi connectivity index (χ3n) is 4.46. The highest BCUT2D eigenvalue weighted by Crippen LogP contribution is 2.36. The fraction of sp³-hybridized carbons (Fsp3) is 0.438. The number of hydrogen-bond acceptors (Lipinski definition) is 4. The first-order valence-electron chi connectivity index (χ1n) is 7.37. The zero-order chi connectivity index (χ0) is 16.0. The number of ether oxygens (including phenoxy) is 1. The van der Waals surface area contributed by atoms with Crippen molar-refractivity contribution in [2.75, 3.05) is 7.11 Å². The van der Waals surface area contributed by atoms with Gasteiger partial charge in [0.1, 0.15) is 5.75 Å². The highest BCUT2D eigenvalue weighted by atomic mass is 16.7. The number of nitrogens with zero attached hydrogens (tertiary/aromatic N) is 2. The minimum absolute atomic E-state index is 0.347. The number of rotatable bonds is 3. The molecule has 1 fully saturated rings. The maximum Gasteiger partial charge on any atom is 0.498 e. The maximum absolute atomic E-state index is 6.04. The van der Waals surface area contributed by atoms with Crippen LogP contribution >= 0.6 is 0 Å². The van der Waals surface area contributed by atoms with Gasteiger partial charge in [-0.05, 0) is 52.0 Å². The van der Waals surface area contributed by atoms with Crippen molar-refractivity contribution in [2.45, 2.75) is 38.9 Å². The van der Waals surface area contributed by atoms with Gasteiger partial charge in [0, 0.05) is 17.9 Å². The predicted octanol–water partition coefficient (Wildman–Crippen LogP) is 2.18. The van der Waals surface area contributed by atoms with E-state index < -0.39 is 7.12 Å². The van der Waals surface area contributed by atoms with E-state index in [1.807, 2.05) is 58.2 Å². The number of hydrogen-bond donors (Lipinski definition) is 0. The predicted molar refractivity (Wildman–Crippen MR) is 85.8 cm³/mol. The summed E-state index contributed by atoms with van der Waals surface area (Å²) in [4.78, 5) is 0. The van der Waals surface area contributed by atoms with Crippen LogP contribution in [0.3, 0.4) is 0 Å². The van der Waals surface area contributed by atoms with Gasteiger partial charge in [0.15, 0.2) is 0 Å². The topological polar surface area (TPSA) is 45.5 Å². The molecule has 0 N–H and O–H groups in total. The molecule has 22 heavy (non-hydrogen) atoms. The van der Waals surface area contributed by atoms with Crippen LogP contribution in [0.25, 0.3) is 5.69 Å². The summed E-state index contributed by atoms with van der Waals surface area (Å²) in [7, 11) is 1.26. The summed E-state index contributed by atoms with van der Waals surface area (Å²) in [5.41, 5.74) is 1.18. The number of methoxy groups -OCH3 is 1. The molecule has 0 bridgehead atoms. The van der Waals surface area contributed by atoms with E-state index in [2.05, 4.69) is 5.10 Å². The summed E-state index contributed by atoms with van der Waals surface area (Å²) in [5, 5.41) is 4.40. The van der Waals surface area contributed by atoms with Crippen molar-refractivity contribution in [3.8, 4) is 11.4 Å². The van der Waals surface area contributed by atoms with Crippen LogP contribution in [0, 0.1) is 0 Å². The monoisotopic (exact) mass is 300 g/mol. The molecule has 5 nitrogen and oxygen atoms in total. The maximum atomic E-state index is 6.04. The molecule has 0 saturated carbocycles. The minimum Gasteiger partial charge on any atom is -0.497 e. The van der Waals surface area contributed by atoms with Gasteiger partial charge in [0.2, 0.25) is 0 Å². The highest BCUT2D eigenvalue weighted by Gasteiger charge is 2.52. The Labute approximate surface area is 131 Å². The molecule has 1 aromatic carbocycles. The Hall–Kier alpha value is -1.79. The molecule has 3 rings (SSSR count). The average molecular weight is 300 g/mol. The summed E-state index contributed by atoms with van der Waals surface area (Å²) in [6, 6.07) is 7.73. The van der Waals surface area contributed by atoms with Crippen LogP contribution < -0.4 is 10.2 Å². The zero-order valence-electron chi connectivity index (χ0n) is 13.7. The molecular weight excluding hydrogens is 279 g/mol. The van der Waals surface area contributed by atoms with Gasteiger partial charge in [0.25, 0.3) is 0 Å². The summed E-state index contributed by atoms with van der Waals surface area (Å²) in [6.45, 7) is 8.17. The summed E-state index contributed by atoms with van der Waals surface area (Å²) in [5.74, 6) is 0.821. The van der Waals surface area contributed by atoms with Crippen molar-refractivity contribution in [1.29, 1.82) is 0 Å². The van der Waals surface area contributed by atoms with E-state index in [-0.39, 0.29) is 11.2 Å². The van der Waals surface area contributed by atoms with Crippen molar-refractivity contribution in [2.24, 2.45) is 0 Å². The molecule has 1 aliphatic heterocycles. The first-order valence-corrected chi connectivity index (χ1v) is 7.37.